The van der Waals surface area contributed by atoms with Crippen molar-refractivity contribution in [3.8, 4) is 0 Å². The van der Waals surface area contributed by atoms with E-state index in [1.165, 1.54) is 36.5 Å². The van der Waals surface area contributed by atoms with E-state index in [0.717, 1.165) is 5.69 Å². The van der Waals surface area contributed by atoms with Crippen LogP contribution >= 0.6 is 11.6 Å². The van der Waals surface area contributed by atoms with E-state index in [0.29, 0.717) is 28.0 Å². The Kier molecular flexibility index (Phi) is 6.37. The largest absolute Gasteiger partial charge is 0.364 e. The van der Waals surface area contributed by atoms with Crippen molar-refractivity contribution < 1.29 is 17.2 Å². The number of hydrogen-bond donors (Lipinski definition) is 3. The second-order valence-electron chi connectivity index (χ2n) is 7.46. The zero-order valence-electron chi connectivity index (χ0n) is 17.5. The molecule has 0 bridgehead atoms. The molecule has 12 heteroatoms. The predicted octanol–water partition coefficient (Wildman–Crippen LogP) is 4.37. The fourth-order valence-electron chi connectivity index (χ4n) is 3.43. The summed E-state index contributed by atoms with van der Waals surface area (Å²) in [4.78, 5) is 9.88. The molecule has 4 rings (SSSR count). The normalized spacial score (nSPS) is 15.5. The Morgan fingerprint density at radius 3 is 2.36 bits per heavy atom. The molecule has 0 atom stereocenters. The maximum Gasteiger partial charge on any atom is 0.266 e. The number of nitrogens with one attached hydrogen (secondary N) is 3. The van der Waals surface area contributed by atoms with E-state index in [4.69, 9.17) is 11.6 Å². The van der Waals surface area contributed by atoms with Crippen LogP contribution in [0, 0.1) is 0 Å². The topological polar surface area (TPSA) is 99.2 Å². The molecule has 0 spiro atoms. The third kappa shape index (κ3) is 5.49. The zero-order chi connectivity index (χ0) is 23.6. The molecule has 0 saturated carbocycles. The molecule has 3 aromatic rings. The van der Waals surface area contributed by atoms with E-state index in [-0.39, 0.29) is 17.9 Å². The van der Waals surface area contributed by atoms with Crippen molar-refractivity contribution in [1.82, 2.24) is 14.7 Å². The molecule has 1 aliphatic heterocycles. The van der Waals surface area contributed by atoms with Gasteiger partial charge in [-0.3, -0.25) is 0 Å². The number of hydrogen-bond acceptors (Lipinski definition) is 7. The van der Waals surface area contributed by atoms with E-state index >= 15 is 0 Å². The summed E-state index contributed by atoms with van der Waals surface area (Å²) < 4.78 is 54.6. The van der Waals surface area contributed by atoms with Gasteiger partial charge in [0.25, 0.3) is 5.92 Å². The van der Waals surface area contributed by atoms with Crippen LogP contribution in [0.2, 0.25) is 5.02 Å². The summed E-state index contributed by atoms with van der Waals surface area (Å²) in [5, 5.41) is 6.77. The van der Waals surface area contributed by atoms with Crippen molar-refractivity contribution in [2.45, 2.75) is 17.2 Å². The first-order valence-electron chi connectivity index (χ1n) is 9.97. The van der Waals surface area contributed by atoms with Crippen molar-refractivity contribution >= 4 is 50.3 Å². The van der Waals surface area contributed by atoms with Crippen LogP contribution in [-0.2, 0) is 10.0 Å². The highest BCUT2D eigenvalue weighted by Gasteiger charge is 2.39. The zero-order valence-corrected chi connectivity index (χ0v) is 19.1. The Balaban J connectivity index is 1.65. The molecular formula is C21H21ClF2N6O2S. The summed E-state index contributed by atoms with van der Waals surface area (Å²) in [6.07, 6.45) is 1.06. The first-order chi connectivity index (χ1) is 15.6. The number of sulfonamides is 1. The smallest absolute Gasteiger partial charge is 0.266 e. The highest BCUT2D eigenvalue weighted by molar-refractivity contribution is 7.89. The molecule has 1 fully saturated rings. The molecule has 2 heterocycles. The first-order valence-corrected chi connectivity index (χ1v) is 11.8. The second kappa shape index (κ2) is 9.08. The Labute approximate surface area is 195 Å². The fourth-order valence-corrected chi connectivity index (χ4v) is 4.31. The number of nitrogens with zero attached hydrogens (tertiary/aromatic N) is 3. The molecule has 2 aromatic carbocycles. The van der Waals surface area contributed by atoms with Crippen molar-refractivity contribution in [3.05, 3.63) is 59.9 Å². The van der Waals surface area contributed by atoms with Crippen LogP contribution in [0.15, 0.2) is 59.8 Å². The lowest BCUT2D eigenvalue weighted by Crippen LogP contribution is -2.26. The molecule has 1 aromatic heterocycles. The quantitative estimate of drug-likeness (QED) is 0.448. The average Bonchev–Trinajstić information content (AvgIpc) is 3.15. The van der Waals surface area contributed by atoms with Gasteiger partial charge in [0.05, 0.1) is 22.8 Å². The van der Waals surface area contributed by atoms with Crippen LogP contribution in [0.25, 0.3) is 0 Å². The summed E-state index contributed by atoms with van der Waals surface area (Å²) in [5.41, 5.74) is 1.54. The molecule has 174 valence electrons. The van der Waals surface area contributed by atoms with Crippen molar-refractivity contribution in [2.75, 3.05) is 35.7 Å². The van der Waals surface area contributed by atoms with Gasteiger partial charge in [-0.15, -0.1) is 0 Å². The van der Waals surface area contributed by atoms with Gasteiger partial charge in [0, 0.05) is 29.7 Å². The number of rotatable bonds is 7. The lowest BCUT2D eigenvalue weighted by Gasteiger charge is -2.23. The summed E-state index contributed by atoms with van der Waals surface area (Å²) in [5.74, 6) is -1.98. The van der Waals surface area contributed by atoms with Gasteiger partial charge < -0.3 is 15.5 Å². The predicted molar refractivity (Wildman–Crippen MR) is 125 cm³/mol. The lowest BCUT2D eigenvalue weighted by molar-refractivity contribution is 0.0257. The maximum absolute atomic E-state index is 13.8. The molecule has 1 saturated heterocycles. The molecule has 0 unspecified atom stereocenters. The van der Waals surface area contributed by atoms with Crippen LogP contribution in [-0.4, -0.2) is 44.4 Å². The third-order valence-electron chi connectivity index (χ3n) is 5.10. The molecule has 1 aliphatic rings. The van der Waals surface area contributed by atoms with Gasteiger partial charge in [-0.2, -0.15) is 0 Å². The van der Waals surface area contributed by atoms with E-state index in [9.17, 15) is 17.2 Å². The SMILES string of the molecule is CNS(=O)(=O)c1ccc(N2CCC(F)(F)C2)c(Nc2cc(Nc3ccc(Cl)cc3)ncn2)c1. The Morgan fingerprint density at radius 2 is 1.73 bits per heavy atom. The standard InChI is InChI=1S/C21H21ClF2N6O2S/c1-25-33(31,32)16-6-7-18(30-9-8-21(23,24)12-30)17(10-16)29-20-11-19(26-13-27-20)28-15-4-2-14(22)3-5-15/h2-7,10-11,13,25H,8-9,12H2,1H3,(H2,26,27,28,29). The third-order valence-corrected chi connectivity index (χ3v) is 6.77. The minimum atomic E-state index is -3.74. The maximum atomic E-state index is 13.8. The van der Waals surface area contributed by atoms with Gasteiger partial charge in [0.1, 0.15) is 18.0 Å². The molecule has 0 amide bonds. The van der Waals surface area contributed by atoms with Crippen LogP contribution in [0.3, 0.4) is 0 Å². The van der Waals surface area contributed by atoms with Gasteiger partial charge in [-0.1, -0.05) is 11.6 Å². The highest BCUT2D eigenvalue weighted by Crippen LogP contribution is 2.37. The fraction of sp³-hybridized carbons (Fsp3) is 0.238. The van der Waals surface area contributed by atoms with E-state index in [1.54, 1.807) is 30.3 Å². The number of aromatic nitrogens is 2. The molecule has 0 aliphatic carbocycles. The molecular weight excluding hydrogens is 474 g/mol. The Morgan fingerprint density at radius 1 is 1.03 bits per heavy atom. The first kappa shape index (κ1) is 23.1. The van der Waals surface area contributed by atoms with Gasteiger partial charge >= 0.3 is 0 Å². The summed E-state index contributed by atoms with van der Waals surface area (Å²) in [7, 11) is -2.44. The second-order valence-corrected chi connectivity index (χ2v) is 9.78. The molecule has 33 heavy (non-hydrogen) atoms. The van der Waals surface area contributed by atoms with E-state index in [2.05, 4.69) is 25.3 Å². The number of anilines is 5. The van der Waals surface area contributed by atoms with Crippen molar-refractivity contribution in [2.24, 2.45) is 0 Å². The van der Waals surface area contributed by atoms with Crippen LogP contribution in [0.4, 0.5) is 37.5 Å². The van der Waals surface area contributed by atoms with Crippen molar-refractivity contribution in [1.29, 1.82) is 0 Å². The minimum Gasteiger partial charge on any atom is -0.364 e. The van der Waals surface area contributed by atoms with Crippen LogP contribution < -0.4 is 20.3 Å². The van der Waals surface area contributed by atoms with Gasteiger partial charge in [0.2, 0.25) is 10.0 Å². The summed E-state index contributed by atoms with van der Waals surface area (Å²) in [6.45, 7) is -0.306. The Hall–Kier alpha value is -3.02. The van der Waals surface area contributed by atoms with E-state index < -0.39 is 22.5 Å². The summed E-state index contributed by atoms with van der Waals surface area (Å²) in [6, 6.07) is 13.0. The Bertz CT molecular complexity index is 1260. The van der Waals surface area contributed by atoms with Gasteiger partial charge in [-0.25, -0.2) is 31.9 Å². The van der Waals surface area contributed by atoms with Gasteiger partial charge in [0.15, 0.2) is 0 Å². The lowest BCUT2D eigenvalue weighted by atomic mass is 10.2. The van der Waals surface area contributed by atoms with Crippen molar-refractivity contribution in [3.63, 3.8) is 0 Å². The van der Waals surface area contributed by atoms with Gasteiger partial charge in [-0.05, 0) is 49.5 Å². The average molecular weight is 495 g/mol. The van der Waals surface area contributed by atoms with Crippen LogP contribution in [0.1, 0.15) is 6.42 Å². The highest BCUT2D eigenvalue weighted by atomic mass is 35.5. The molecule has 0 radical (unpaired) electrons. The minimum absolute atomic E-state index is 0.00391. The summed E-state index contributed by atoms with van der Waals surface area (Å²) >= 11 is 5.91. The molecule has 8 nitrogen and oxygen atoms in total. The number of alkyl halides is 2. The molecule has 3 N–H and O–H groups in total. The van der Waals surface area contributed by atoms with Crippen LogP contribution in [0.5, 0.6) is 0 Å². The van der Waals surface area contributed by atoms with E-state index in [1.807, 2.05) is 0 Å². The number of halogens is 3. The number of benzene rings is 2. The monoisotopic (exact) mass is 494 g/mol.